The molecular weight excluding hydrogens is 548 g/mol. The van der Waals surface area contributed by atoms with E-state index in [1.165, 1.54) is 18.2 Å². The summed E-state index contributed by atoms with van der Waals surface area (Å²) < 4.78 is 28.0. The van der Waals surface area contributed by atoms with Crippen LogP contribution in [0.25, 0.3) is 0 Å². The van der Waals surface area contributed by atoms with Crippen LogP contribution in [0, 0.1) is 6.92 Å². The van der Waals surface area contributed by atoms with E-state index in [0.29, 0.717) is 27.5 Å². The van der Waals surface area contributed by atoms with Crippen molar-refractivity contribution in [1.82, 2.24) is 5.43 Å². The molecule has 0 atom stereocenters. The van der Waals surface area contributed by atoms with Crippen LogP contribution in [0.4, 0.5) is 11.4 Å². The third-order valence-electron chi connectivity index (χ3n) is 5.91. The summed E-state index contributed by atoms with van der Waals surface area (Å²) >= 11 is 6.12. The largest absolute Gasteiger partial charge is 0.322 e. The van der Waals surface area contributed by atoms with Gasteiger partial charge in [0.15, 0.2) is 0 Å². The van der Waals surface area contributed by atoms with Gasteiger partial charge in [0, 0.05) is 16.3 Å². The highest BCUT2D eigenvalue weighted by atomic mass is 35.5. The first-order chi connectivity index (χ1) is 19.1. The summed E-state index contributed by atoms with van der Waals surface area (Å²) in [4.78, 5) is 25.5. The predicted molar refractivity (Wildman–Crippen MR) is 158 cm³/mol. The molecule has 0 aliphatic carbocycles. The maximum absolute atomic E-state index is 13.5. The molecule has 8 nitrogen and oxygen atoms in total. The van der Waals surface area contributed by atoms with E-state index in [1.54, 1.807) is 85.8 Å². The molecule has 0 aliphatic rings. The third kappa shape index (κ3) is 7.13. The number of carbonyl (C=O) groups is 2. The van der Waals surface area contributed by atoms with Crippen LogP contribution >= 0.6 is 11.6 Å². The zero-order valence-corrected chi connectivity index (χ0v) is 23.4. The number of rotatable bonds is 9. The molecule has 4 aromatic rings. The van der Waals surface area contributed by atoms with Gasteiger partial charge < -0.3 is 5.32 Å². The molecule has 0 saturated carbocycles. The number of nitrogens with zero attached hydrogens (tertiary/aromatic N) is 2. The van der Waals surface area contributed by atoms with Gasteiger partial charge in [-0.25, -0.2) is 13.8 Å². The van der Waals surface area contributed by atoms with Crippen LogP contribution in [0.5, 0.6) is 0 Å². The van der Waals surface area contributed by atoms with Crippen molar-refractivity contribution >= 4 is 50.5 Å². The molecule has 4 rings (SSSR count). The molecule has 10 heteroatoms. The van der Waals surface area contributed by atoms with Gasteiger partial charge in [0.05, 0.1) is 16.3 Å². The Bertz CT molecular complexity index is 1660. The van der Waals surface area contributed by atoms with E-state index in [4.69, 9.17) is 11.6 Å². The summed E-state index contributed by atoms with van der Waals surface area (Å²) in [5.74, 6) is -0.903. The van der Waals surface area contributed by atoms with Crippen LogP contribution < -0.4 is 15.0 Å². The Morgan fingerprint density at radius 1 is 0.850 bits per heavy atom. The first kappa shape index (κ1) is 28.5. The van der Waals surface area contributed by atoms with Crippen molar-refractivity contribution in [3.05, 3.63) is 125 Å². The smallest absolute Gasteiger partial charge is 0.264 e. The lowest BCUT2D eigenvalue weighted by atomic mass is 10.1. The van der Waals surface area contributed by atoms with E-state index in [2.05, 4.69) is 15.8 Å². The van der Waals surface area contributed by atoms with Gasteiger partial charge in [-0.3, -0.25) is 13.9 Å². The lowest BCUT2D eigenvalue weighted by Gasteiger charge is -2.24. The fourth-order valence-electron chi connectivity index (χ4n) is 3.78. The average molecular weight is 575 g/mol. The number of amides is 2. The van der Waals surface area contributed by atoms with Gasteiger partial charge in [-0.2, -0.15) is 5.10 Å². The van der Waals surface area contributed by atoms with Crippen LogP contribution in [-0.4, -0.2) is 32.5 Å². The molecule has 2 amide bonds. The average Bonchev–Trinajstić information content (AvgIpc) is 2.95. The molecule has 0 radical (unpaired) electrons. The van der Waals surface area contributed by atoms with Gasteiger partial charge in [0.25, 0.3) is 21.8 Å². The first-order valence-corrected chi connectivity index (χ1v) is 14.1. The highest BCUT2D eigenvalue weighted by molar-refractivity contribution is 7.92. The number of hydrogen-bond acceptors (Lipinski definition) is 5. The molecule has 204 valence electrons. The quantitative estimate of drug-likeness (QED) is 0.199. The van der Waals surface area contributed by atoms with E-state index < -0.39 is 22.5 Å². The van der Waals surface area contributed by atoms with Crippen LogP contribution in [0.15, 0.2) is 113 Å². The van der Waals surface area contributed by atoms with Crippen molar-refractivity contribution < 1.29 is 18.0 Å². The minimum absolute atomic E-state index is 0.0416. The summed E-state index contributed by atoms with van der Waals surface area (Å²) in [6.45, 7) is 3.02. The zero-order valence-electron chi connectivity index (χ0n) is 21.8. The standard InChI is InChI=1S/C30H27ClN4O4S/c1-21-14-16-28(17-15-21)40(38,39)35(27-13-7-11-25(31)19-27)20-29(36)34-33-22(2)24-10-6-12-26(18-24)32-30(37)23-8-4-3-5-9-23/h3-19H,20H2,1-2H3,(H,32,37)(H,34,36)/b33-22-. The van der Waals surface area contributed by atoms with Crippen LogP contribution in [0.2, 0.25) is 5.02 Å². The topological polar surface area (TPSA) is 108 Å². The Balaban J connectivity index is 1.51. The number of carbonyl (C=O) groups excluding carboxylic acids is 2. The molecule has 0 unspecified atom stereocenters. The Morgan fingerprint density at radius 2 is 1.52 bits per heavy atom. The van der Waals surface area contributed by atoms with Crippen molar-refractivity contribution in [2.75, 3.05) is 16.2 Å². The Kier molecular flexibility index (Phi) is 8.98. The summed E-state index contributed by atoms with van der Waals surface area (Å²) in [6.07, 6.45) is 0. The predicted octanol–water partition coefficient (Wildman–Crippen LogP) is 5.64. The van der Waals surface area contributed by atoms with Crippen molar-refractivity contribution in [3.8, 4) is 0 Å². The number of sulfonamides is 1. The Morgan fingerprint density at radius 3 is 2.23 bits per heavy atom. The number of nitrogens with one attached hydrogen (secondary N) is 2. The van der Waals surface area contributed by atoms with E-state index in [9.17, 15) is 18.0 Å². The fourth-order valence-corrected chi connectivity index (χ4v) is 5.37. The normalized spacial score (nSPS) is 11.5. The summed E-state index contributed by atoms with van der Waals surface area (Å²) in [5, 5.41) is 7.33. The van der Waals surface area contributed by atoms with E-state index in [-0.39, 0.29) is 16.5 Å². The van der Waals surface area contributed by atoms with Gasteiger partial charge >= 0.3 is 0 Å². The van der Waals surface area contributed by atoms with Crippen LogP contribution in [0.1, 0.15) is 28.4 Å². The second-order valence-electron chi connectivity index (χ2n) is 8.94. The van der Waals surface area contributed by atoms with Gasteiger partial charge in [-0.05, 0) is 74.0 Å². The molecule has 0 spiro atoms. The zero-order chi connectivity index (χ0) is 28.7. The second kappa shape index (κ2) is 12.6. The first-order valence-electron chi connectivity index (χ1n) is 12.3. The number of hydrogen-bond donors (Lipinski definition) is 2. The van der Waals surface area contributed by atoms with Crippen molar-refractivity contribution in [1.29, 1.82) is 0 Å². The number of hydrazone groups is 1. The number of benzene rings is 4. The SMILES string of the molecule is C/C(=N/NC(=O)CN(c1cccc(Cl)c1)S(=O)(=O)c1ccc(C)cc1)c1cccc(NC(=O)c2ccccc2)c1. The molecule has 0 heterocycles. The van der Waals surface area contributed by atoms with E-state index in [0.717, 1.165) is 9.87 Å². The maximum atomic E-state index is 13.5. The highest BCUT2D eigenvalue weighted by Crippen LogP contribution is 2.26. The van der Waals surface area contributed by atoms with E-state index in [1.807, 2.05) is 13.0 Å². The maximum Gasteiger partial charge on any atom is 0.264 e. The van der Waals surface area contributed by atoms with Crippen LogP contribution in [0.3, 0.4) is 0 Å². The van der Waals surface area contributed by atoms with Gasteiger partial charge in [-0.15, -0.1) is 0 Å². The molecule has 0 aromatic heterocycles. The molecule has 0 bridgehead atoms. The highest BCUT2D eigenvalue weighted by Gasteiger charge is 2.27. The van der Waals surface area contributed by atoms with Crippen LogP contribution in [-0.2, 0) is 14.8 Å². The summed E-state index contributed by atoms with van der Waals surface area (Å²) in [6, 6.07) is 28.5. The molecule has 4 aromatic carbocycles. The lowest BCUT2D eigenvalue weighted by molar-refractivity contribution is -0.119. The van der Waals surface area contributed by atoms with Crippen molar-refractivity contribution in [2.24, 2.45) is 5.10 Å². The van der Waals surface area contributed by atoms with Gasteiger partial charge in [0.2, 0.25) is 0 Å². The summed E-state index contributed by atoms with van der Waals surface area (Å²) in [5.41, 5.74) is 5.78. The van der Waals surface area contributed by atoms with Gasteiger partial charge in [0.1, 0.15) is 6.54 Å². The third-order valence-corrected chi connectivity index (χ3v) is 7.94. The monoisotopic (exact) mass is 574 g/mol. The summed E-state index contributed by atoms with van der Waals surface area (Å²) in [7, 11) is -4.09. The Hall–Kier alpha value is -4.47. The molecule has 0 saturated heterocycles. The van der Waals surface area contributed by atoms with Gasteiger partial charge in [-0.1, -0.05) is 65.7 Å². The number of anilines is 2. The van der Waals surface area contributed by atoms with Crippen molar-refractivity contribution in [3.63, 3.8) is 0 Å². The van der Waals surface area contributed by atoms with Crippen molar-refractivity contribution in [2.45, 2.75) is 18.7 Å². The molecule has 0 fully saturated rings. The minimum Gasteiger partial charge on any atom is -0.322 e. The molecule has 40 heavy (non-hydrogen) atoms. The molecule has 0 aliphatic heterocycles. The Labute approximate surface area is 238 Å². The molecule has 2 N–H and O–H groups in total. The minimum atomic E-state index is -4.09. The fraction of sp³-hybridized carbons (Fsp3) is 0.100. The second-order valence-corrected chi connectivity index (χ2v) is 11.2. The lowest BCUT2D eigenvalue weighted by Crippen LogP contribution is -2.39. The van der Waals surface area contributed by atoms with E-state index >= 15 is 0 Å². The molecular formula is C30H27ClN4O4S. The number of aryl methyl sites for hydroxylation is 1. The number of halogens is 1.